The summed E-state index contributed by atoms with van der Waals surface area (Å²) in [5.41, 5.74) is 16.1. The van der Waals surface area contributed by atoms with Gasteiger partial charge in [-0.3, -0.25) is 0 Å². The lowest BCUT2D eigenvalue weighted by molar-refractivity contribution is 1.16. The van der Waals surface area contributed by atoms with Gasteiger partial charge in [0.15, 0.2) is 0 Å². The number of nitrogens with two attached hydrogens (primary N) is 2. The molecule has 3 aromatic rings. The minimum atomic E-state index is 0.800. The molecule has 1 aliphatic rings. The van der Waals surface area contributed by atoms with Gasteiger partial charge in [-0.2, -0.15) is 0 Å². The van der Waals surface area contributed by atoms with Crippen LogP contribution in [0.4, 0.5) is 11.4 Å². The van der Waals surface area contributed by atoms with Crippen LogP contribution in [-0.2, 0) is 0 Å². The summed E-state index contributed by atoms with van der Waals surface area (Å²) in [5.74, 6) is 0. The number of anilines is 2. The zero-order chi connectivity index (χ0) is 15.1. The molecular weight excluding hydrogens is 308 g/mol. The average Bonchev–Trinajstić information content (AvgIpc) is 2.54. The van der Waals surface area contributed by atoms with Gasteiger partial charge in [-0.1, -0.05) is 53.9 Å². The van der Waals surface area contributed by atoms with E-state index in [1.165, 1.54) is 19.6 Å². The molecule has 0 atom stereocenters. The lowest BCUT2D eigenvalue weighted by atomic mass is 10.0. The summed E-state index contributed by atoms with van der Waals surface area (Å²) in [6.45, 7) is 0. The molecule has 108 valence electrons. The zero-order valence-electron chi connectivity index (χ0n) is 11.7. The van der Waals surface area contributed by atoms with Gasteiger partial charge in [-0.25, -0.2) is 0 Å². The van der Waals surface area contributed by atoms with Crippen molar-refractivity contribution in [2.45, 2.75) is 19.6 Å². The van der Waals surface area contributed by atoms with Crippen molar-refractivity contribution < 1.29 is 0 Å². The summed E-state index contributed by atoms with van der Waals surface area (Å²) in [6, 6.07) is 20.5. The Balaban J connectivity index is 1.90. The minimum absolute atomic E-state index is 0.800. The van der Waals surface area contributed by atoms with Crippen molar-refractivity contribution in [3.63, 3.8) is 0 Å². The molecule has 0 spiro atoms. The van der Waals surface area contributed by atoms with Crippen molar-refractivity contribution in [2.75, 3.05) is 11.5 Å². The van der Waals surface area contributed by atoms with E-state index in [1.807, 2.05) is 36.4 Å². The van der Waals surface area contributed by atoms with E-state index >= 15 is 0 Å². The average molecular weight is 322 g/mol. The van der Waals surface area contributed by atoms with Crippen LogP contribution in [-0.4, -0.2) is 0 Å². The lowest BCUT2D eigenvalue weighted by Gasteiger charge is -2.22. The van der Waals surface area contributed by atoms with Gasteiger partial charge in [0.2, 0.25) is 0 Å². The Hall–Kier alpha value is -2.04. The molecule has 0 unspecified atom stereocenters. The molecule has 0 bridgehead atoms. The van der Waals surface area contributed by atoms with Gasteiger partial charge in [-0.15, -0.1) is 0 Å². The molecule has 0 radical (unpaired) electrons. The van der Waals surface area contributed by atoms with Crippen LogP contribution in [0.25, 0.3) is 11.1 Å². The van der Waals surface area contributed by atoms with E-state index < -0.39 is 0 Å². The number of hydrogen-bond donors (Lipinski definition) is 2. The van der Waals surface area contributed by atoms with Crippen molar-refractivity contribution in [2.24, 2.45) is 0 Å². The molecule has 1 heterocycles. The number of hydrogen-bond acceptors (Lipinski definition) is 4. The Bertz CT molecular complexity index is 860. The highest BCUT2D eigenvalue weighted by molar-refractivity contribution is 8.05. The SMILES string of the molecule is Nc1ccc2c(c1)Sc1ccc(N)c(-c3ccccc3)c1S2. The van der Waals surface area contributed by atoms with Crippen molar-refractivity contribution in [1.29, 1.82) is 0 Å². The Morgan fingerprint density at radius 3 is 2.27 bits per heavy atom. The first-order valence-corrected chi connectivity index (χ1v) is 8.59. The zero-order valence-corrected chi connectivity index (χ0v) is 13.4. The molecule has 0 fully saturated rings. The van der Waals surface area contributed by atoms with Gasteiger partial charge in [0, 0.05) is 36.5 Å². The van der Waals surface area contributed by atoms with E-state index in [-0.39, 0.29) is 0 Å². The van der Waals surface area contributed by atoms with Crippen LogP contribution in [0, 0.1) is 0 Å². The summed E-state index contributed by atoms with van der Waals surface area (Å²) >= 11 is 3.53. The fraction of sp³-hybridized carbons (Fsp3) is 0. The highest BCUT2D eigenvalue weighted by atomic mass is 32.2. The van der Waals surface area contributed by atoms with Crippen LogP contribution in [0.3, 0.4) is 0 Å². The predicted octanol–water partition coefficient (Wildman–Crippen LogP) is 5.13. The highest BCUT2D eigenvalue weighted by Gasteiger charge is 2.22. The van der Waals surface area contributed by atoms with Crippen LogP contribution >= 0.6 is 23.5 Å². The van der Waals surface area contributed by atoms with Gasteiger partial charge in [0.1, 0.15) is 0 Å². The molecule has 0 amide bonds. The third-order valence-electron chi connectivity index (χ3n) is 3.62. The summed E-state index contributed by atoms with van der Waals surface area (Å²) < 4.78 is 0. The van der Waals surface area contributed by atoms with Gasteiger partial charge in [0.25, 0.3) is 0 Å². The van der Waals surface area contributed by atoms with E-state index in [2.05, 4.69) is 24.3 Å². The predicted molar refractivity (Wildman–Crippen MR) is 95.4 cm³/mol. The van der Waals surface area contributed by atoms with Crippen molar-refractivity contribution in [3.05, 3.63) is 60.7 Å². The first kappa shape index (κ1) is 13.6. The van der Waals surface area contributed by atoms with Crippen LogP contribution < -0.4 is 11.5 Å². The van der Waals surface area contributed by atoms with Crippen LogP contribution in [0.5, 0.6) is 0 Å². The Morgan fingerprint density at radius 1 is 0.682 bits per heavy atom. The van der Waals surface area contributed by atoms with E-state index in [0.717, 1.165) is 22.5 Å². The third-order valence-corrected chi connectivity index (χ3v) is 6.20. The lowest BCUT2D eigenvalue weighted by Crippen LogP contribution is -1.98. The summed E-state index contributed by atoms with van der Waals surface area (Å²) in [7, 11) is 0. The maximum Gasteiger partial charge on any atom is 0.0406 e. The molecule has 22 heavy (non-hydrogen) atoms. The van der Waals surface area contributed by atoms with E-state index in [9.17, 15) is 0 Å². The highest BCUT2D eigenvalue weighted by Crippen LogP contribution is 2.53. The van der Waals surface area contributed by atoms with Gasteiger partial charge in [0.05, 0.1) is 0 Å². The smallest absolute Gasteiger partial charge is 0.0406 e. The molecule has 3 aromatic carbocycles. The molecule has 0 aliphatic carbocycles. The van der Waals surface area contributed by atoms with Gasteiger partial charge < -0.3 is 11.5 Å². The van der Waals surface area contributed by atoms with Crippen LogP contribution in [0.2, 0.25) is 0 Å². The Kier molecular flexibility index (Phi) is 3.28. The summed E-state index contributed by atoms with van der Waals surface area (Å²) in [6.07, 6.45) is 0. The Labute approximate surface area is 137 Å². The molecule has 0 aromatic heterocycles. The van der Waals surface area contributed by atoms with Crippen molar-refractivity contribution in [3.8, 4) is 11.1 Å². The first-order valence-electron chi connectivity index (χ1n) is 6.95. The van der Waals surface area contributed by atoms with Crippen molar-refractivity contribution in [1.82, 2.24) is 0 Å². The van der Waals surface area contributed by atoms with Crippen molar-refractivity contribution >= 4 is 34.9 Å². The minimum Gasteiger partial charge on any atom is -0.399 e. The first-order chi connectivity index (χ1) is 10.7. The number of benzene rings is 3. The summed E-state index contributed by atoms with van der Waals surface area (Å²) in [5, 5.41) is 0. The molecule has 1 aliphatic heterocycles. The molecule has 0 saturated carbocycles. The quantitative estimate of drug-likeness (QED) is 0.477. The molecule has 2 nitrogen and oxygen atoms in total. The number of fused-ring (bicyclic) bond motifs is 2. The second-order valence-corrected chi connectivity index (χ2v) is 7.27. The standard InChI is InChI=1S/C18H14N2S2/c19-12-6-8-14-16(10-12)21-15-9-7-13(20)17(18(15)22-14)11-4-2-1-3-5-11/h1-10H,19-20H2. The molecule has 4 rings (SSSR count). The van der Waals surface area contributed by atoms with E-state index in [1.54, 1.807) is 23.5 Å². The van der Waals surface area contributed by atoms with Gasteiger partial charge >= 0.3 is 0 Å². The number of nitrogen functional groups attached to an aromatic ring is 2. The second-order valence-electron chi connectivity index (χ2n) is 5.13. The molecule has 4 N–H and O–H groups in total. The van der Waals surface area contributed by atoms with E-state index in [4.69, 9.17) is 11.5 Å². The topological polar surface area (TPSA) is 52.0 Å². The van der Waals surface area contributed by atoms with Crippen LogP contribution in [0.1, 0.15) is 0 Å². The van der Waals surface area contributed by atoms with E-state index in [0.29, 0.717) is 0 Å². The number of rotatable bonds is 1. The molecule has 0 saturated heterocycles. The fourth-order valence-electron chi connectivity index (χ4n) is 2.58. The normalized spacial score (nSPS) is 12.5. The largest absolute Gasteiger partial charge is 0.399 e. The second kappa shape index (κ2) is 5.30. The van der Waals surface area contributed by atoms with Gasteiger partial charge in [-0.05, 0) is 35.9 Å². The molecule has 4 heteroatoms. The molecular formula is C18H14N2S2. The maximum atomic E-state index is 6.28. The fourth-order valence-corrected chi connectivity index (χ4v) is 5.03. The monoisotopic (exact) mass is 322 g/mol. The Morgan fingerprint density at radius 2 is 1.45 bits per heavy atom. The maximum absolute atomic E-state index is 6.28. The summed E-state index contributed by atoms with van der Waals surface area (Å²) in [4.78, 5) is 4.90. The third kappa shape index (κ3) is 2.25. The van der Waals surface area contributed by atoms with Crippen LogP contribution in [0.15, 0.2) is 80.2 Å².